The Morgan fingerprint density at radius 1 is 1.42 bits per heavy atom. The van der Waals surface area contributed by atoms with E-state index in [-0.39, 0.29) is 5.91 Å². The van der Waals surface area contributed by atoms with Crippen LogP contribution in [-0.4, -0.2) is 23.2 Å². The molecule has 1 fully saturated rings. The molecule has 2 rings (SSSR count). The van der Waals surface area contributed by atoms with E-state index in [1.165, 1.54) is 24.6 Å². The molecule has 1 aromatic rings. The number of hydrogen-bond donors (Lipinski definition) is 1. The van der Waals surface area contributed by atoms with Gasteiger partial charge in [-0.1, -0.05) is 26.7 Å². The fourth-order valence-electron chi connectivity index (χ4n) is 2.76. The molecule has 3 unspecified atom stereocenters. The summed E-state index contributed by atoms with van der Waals surface area (Å²) in [5, 5.41) is 4.00. The molecule has 1 N–H and O–H groups in total. The average molecular weight is 278 g/mol. The van der Waals surface area contributed by atoms with E-state index in [1.54, 1.807) is 6.20 Å². The van der Waals surface area contributed by atoms with Crippen molar-refractivity contribution in [3.8, 4) is 0 Å². The maximum atomic E-state index is 12.4. The van der Waals surface area contributed by atoms with Crippen molar-refractivity contribution in [3.63, 3.8) is 0 Å². The number of nitrogens with zero attached hydrogens (tertiary/aromatic N) is 1. The lowest BCUT2D eigenvalue weighted by molar-refractivity contribution is 0.0887. The van der Waals surface area contributed by atoms with E-state index < -0.39 is 0 Å². The molecule has 1 aliphatic carbocycles. The van der Waals surface area contributed by atoms with Crippen LogP contribution in [0, 0.1) is 11.8 Å². The van der Waals surface area contributed by atoms with Crippen LogP contribution in [0.4, 0.5) is 0 Å². The highest BCUT2D eigenvalue weighted by molar-refractivity contribution is 7.98. The number of rotatable bonds is 3. The fourth-order valence-corrected chi connectivity index (χ4v) is 3.31. The van der Waals surface area contributed by atoms with Crippen LogP contribution in [-0.2, 0) is 0 Å². The van der Waals surface area contributed by atoms with Gasteiger partial charge >= 0.3 is 0 Å². The summed E-state index contributed by atoms with van der Waals surface area (Å²) in [4.78, 5) is 16.6. The zero-order chi connectivity index (χ0) is 13.8. The molecule has 1 aliphatic rings. The molecule has 1 heterocycles. The molecule has 0 spiro atoms. The Morgan fingerprint density at radius 2 is 2.21 bits per heavy atom. The first-order valence-electron chi connectivity index (χ1n) is 6.93. The summed E-state index contributed by atoms with van der Waals surface area (Å²) in [5.41, 5.74) is 0.695. The molecule has 3 nitrogen and oxygen atoms in total. The highest BCUT2D eigenvalue weighted by Crippen LogP contribution is 2.30. The number of aromatic nitrogens is 1. The van der Waals surface area contributed by atoms with Crippen molar-refractivity contribution in [1.82, 2.24) is 10.3 Å². The first-order valence-corrected chi connectivity index (χ1v) is 8.15. The lowest BCUT2D eigenvalue weighted by Crippen LogP contribution is -2.43. The van der Waals surface area contributed by atoms with Crippen LogP contribution in [0.3, 0.4) is 0 Å². The van der Waals surface area contributed by atoms with Crippen LogP contribution in [0.5, 0.6) is 0 Å². The average Bonchev–Trinajstić information content (AvgIpc) is 2.43. The topological polar surface area (TPSA) is 42.0 Å². The second-order valence-electron chi connectivity index (χ2n) is 5.41. The molecule has 0 saturated heterocycles. The Kier molecular flexibility index (Phi) is 4.86. The molecular formula is C15H22N2OS. The summed E-state index contributed by atoms with van der Waals surface area (Å²) in [6, 6.07) is 3.97. The summed E-state index contributed by atoms with van der Waals surface area (Å²) >= 11 is 1.52. The third-order valence-electron chi connectivity index (χ3n) is 4.23. The number of carbonyl (C=O) groups is 1. The van der Waals surface area contributed by atoms with E-state index in [1.807, 2.05) is 18.4 Å². The number of amides is 1. The first kappa shape index (κ1) is 14.4. The van der Waals surface area contributed by atoms with Crippen molar-refractivity contribution in [1.29, 1.82) is 0 Å². The van der Waals surface area contributed by atoms with Crippen LogP contribution < -0.4 is 5.32 Å². The summed E-state index contributed by atoms with van der Waals surface area (Å²) < 4.78 is 0. The third-order valence-corrected chi connectivity index (χ3v) is 4.94. The van der Waals surface area contributed by atoms with Gasteiger partial charge in [0.15, 0.2) is 0 Å². The van der Waals surface area contributed by atoms with E-state index in [9.17, 15) is 4.79 Å². The van der Waals surface area contributed by atoms with Gasteiger partial charge in [0.25, 0.3) is 5.91 Å². The normalized spacial score (nSPS) is 27.0. The fraction of sp³-hybridized carbons (Fsp3) is 0.600. The highest BCUT2D eigenvalue weighted by atomic mass is 32.2. The van der Waals surface area contributed by atoms with Crippen molar-refractivity contribution in [2.45, 2.75) is 44.2 Å². The molecule has 0 radical (unpaired) electrons. The van der Waals surface area contributed by atoms with Crippen molar-refractivity contribution in [2.24, 2.45) is 11.8 Å². The van der Waals surface area contributed by atoms with Gasteiger partial charge in [0.1, 0.15) is 5.03 Å². The number of nitrogens with one attached hydrogen (secondary N) is 1. The number of pyridine rings is 1. The van der Waals surface area contributed by atoms with Gasteiger partial charge in [-0.3, -0.25) is 4.79 Å². The summed E-state index contributed by atoms with van der Waals surface area (Å²) in [6.07, 6.45) is 7.25. The minimum atomic E-state index is 0.0170. The molecule has 0 bridgehead atoms. The van der Waals surface area contributed by atoms with Gasteiger partial charge in [-0.05, 0) is 36.6 Å². The van der Waals surface area contributed by atoms with Crippen molar-refractivity contribution in [3.05, 3.63) is 23.9 Å². The quantitative estimate of drug-likeness (QED) is 0.862. The largest absolute Gasteiger partial charge is 0.349 e. The zero-order valence-corrected chi connectivity index (χ0v) is 12.7. The van der Waals surface area contributed by atoms with Crippen molar-refractivity contribution < 1.29 is 4.79 Å². The molecule has 0 aliphatic heterocycles. The monoisotopic (exact) mass is 278 g/mol. The molecule has 3 atom stereocenters. The van der Waals surface area contributed by atoms with Gasteiger partial charge in [0, 0.05) is 12.2 Å². The second kappa shape index (κ2) is 6.42. The van der Waals surface area contributed by atoms with Gasteiger partial charge in [0.2, 0.25) is 0 Å². The van der Waals surface area contributed by atoms with E-state index in [0.29, 0.717) is 23.4 Å². The lowest BCUT2D eigenvalue weighted by Gasteiger charge is -2.34. The van der Waals surface area contributed by atoms with E-state index >= 15 is 0 Å². The van der Waals surface area contributed by atoms with Crippen LogP contribution >= 0.6 is 11.8 Å². The maximum Gasteiger partial charge on any atom is 0.254 e. The van der Waals surface area contributed by atoms with Gasteiger partial charge in [-0.2, -0.15) is 0 Å². The molecular weight excluding hydrogens is 256 g/mol. The van der Waals surface area contributed by atoms with Crippen LogP contribution in [0.25, 0.3) is 0 Å². The van der Waals surface area contributed by atoms with Gasteiger partial charge in [-0.15, -0.1) is 11.8 Å². The minimum absolute atomic E-state index is 0.0170. The van der Waals surface area contributed by atoms with Gasteiger partial charge in [0.05, 0.1) is 5.56 Å². The highest BCUT2D eigenvalue weighted by Gasteiger charge is 2.28. The van der Waals surface area contributed by atoms with Crippen LogP contribution in [0.2, 0.25) is 0 Å². The standard InChI is InChI=1S/C15H22N2OS/c1-10-6-4-8-13(11(10)2)17-14(18)12-7-5-9-16-15(12)19-3/h5,7,9-11,13H,4,6,8H2,1-3H3,(H,17,18). The SMILES string of the molecule is CSc1ncccc1C(=O)NC1CCCC(C)C1C. The zero-order valence-electron chi connectivity index (χ0n) is 11.8. The van der Waals surface area contributed by atoms with Crippen LogP contribution in [0.15, 0.2) is 23.4 Å². The predicted molar refractivity (Wildman–Crippen MR) is 79.5 cm³/mol. The minimum Gasteiger partial charge on any atom is -0.349 e. The Balaban J connectivity index is 2.08. The van der Waals surface area contributed by atoms with E-state index in [4.69, 9.17) is 0 Å². The van der Waals surface area contributed by atoms with Gasteiger partial charge < -0.3 is 5.32 Å². The molecule has 1 amide bonds. The maximum absolute atomic E-state index is 12.4. The Bertz CT molecular complexity index is 450. The van der Waals surface area contributed by atoms with Gasteiger partial charge in [-0.25, -0.2) is 4.98 Å². The number of hydrogen-bond acceptors (Lipinski definition) is 3. The second-order valence-corrected chi connectivity index (χ2v) is 6.20. The smallest absolute Gasteiger partial charge is 0.254 e. The van der Waals surface area contributed by atoms with Crippen molar-refractivity contribution >= 4 is 17.7 Å². The Hall–Kier alpha value is -1.03. The predicted octanol–water partition coefficient (Wildman–Crippen LogP) is 3.36. The molecule has 1 aromatic heterocycles. The first-order chi connectivity index (χ1) is 9.13. The summed E-state index contributed by atoms with van der Waals surface area (Å²) in [6.45, 7) is 4.52. The lowest BCUT2D eigenvalue weighted by atomic mass is 9.78. The molecule has 104 valence electrons. The Labute approximate surface area is 119 Å². The summed E-state index contributed by atoms with van der Waals surface area (Å²) in [5.74, 6) is 1.25. The van der Waals surface area contributed by atoms with Crippen LogP contribution in [0.1, 0.15) is 43.5 Å². The molecule has 0 aromatic carbocycles. The number of thioether (sulfide) groups is 1. The van der Waals surface area contributed by atoms with E-state index in [0.717, 1.165) is 11.4 Å². The molecule has 4 heteroatoms. The molecule has 1 saturated carbocycles. The number of carbonyl (C=O) groups excluding carboxylic acids is 1. The summed E-state index contributed by atoms with van der Waals surface area (Å²) in [7, 11) is 0. The Morgan fingerprint density at radius 3 is 2.95 bits per heavy atom. The molecule has 19 heavy (non-hydrogen) atoms. The third kappa shape index (κ3) is 3.30. The van der Waals surface area contributed by atoms with E-state index in [2.05, 4.69) is 24.1 Å². The van der Waals surface area contributed by atoms with Crippen molar-refractivity contribution in [2.75, 3.05) is 6.26 Å².